The molecule has 0 aliphatic carbocycles. The molecule has 21 heavy (non-hydrogen) atoms. The van der Waals surface area contributed by atoms with Gasteiger partial charge in [0.2, 0.25) is 0 Å². The van der Waals surface area contributed by atoms with Crippen LogP contribution in [0.15, 0.2) is 51.5 Å². The Balaban J connectivity index is 2.44. The van der Waals surface area contributed by atoms with Crippen molar-refractivity contribution in [3.8, 4) is 0 Å². The van der Waals surface area contributed by atoms with Crippen molar-refractivity contribution in [2.75, 3.05) is 5.73 Å². The third-order valence-corrected chi connectivity index (χ3v) is 3.90. The third-order valence-electron chi connectivity index (χ3n) is 2.99. The number of azo groups is 1. The topological polar surface area (TPSA) is 105 Å². The lowest BCUT2D eigenvalue weighted by atomic mass is 10.1. The average molecular weight is 305 g/mol. The maximum Gasteiger partial charge on any atom is 0.296 e. The Morgan fingerprint density at radius 3 is 2.19 bits per heavy atom. The van der Waals surface area contributed by atoms with Gasteiger partial charge in [0.15, 0.2) is 0 Å². The van der Waals surface area contributed by atoms with E-state index in [2.05, 4.69) is 10.2 Å². The van der Waals surface area contributed by atoms with Gasteiger partial charge >= 0.3 is 0 Å². The zero-order chi connectivity index (χ0) is 15.6. The summed E-state index contributed by atoms with van der Waals surface area (Å²) in [4.78, 5) is -0.280. The molecule has 0 aliphatic heterocycles. The second-order valence-electron chi connectivity index (χ2n) is 4.64. The van der Waals surface area contributed by atoms with Crippen molar-refractivity contribution in [3.05, 3.63) is 47.5 Å². The van der Waals surface area contributed by atoms with E-state index >= 15 is 0 Å². The fraction of sp³-hybridized carbons (Fsp3) is 0.143. The molecule has 0 saturated heterocycles. The second kappa shape index (κ2) is 5.63. The maximum atomic E-state index is 11.3. The first-order valence-corrected chi connectivity index (χ1v) is 7.58. The molecule has 0 heterocycles. The predicted molar refractivity (Wildman–Crippen MR) is 80.8 cm³/mol. The Morgan fingerprint density at radius 2 is 1.62 bits per heavy atom. The predicted octanol–water partition coefficient (Wildman–Crippen LogP) is 3.55. The van der Waals surface area contributed by atoms with Crippen LogP contribution >= 0.6 is 0 Å². The molecular formula is C14H15N3O3S. The van der Waals surface area contributed by atoms with Crippen LogP contribution in [0.3, 0.4) is 0 Å². The van der Waals surface area contributed by atoms with Crippen molar-refractivity contribution < 1.29 is 13.0 Å². The highest BCUT2D eigenvalue weighted by molar-refractivity contribution is 7.86. The molecule has 0 atom stereocenters. The number of nitrogens with zero attached hydrogens (tertiary/aromatic N) is 2. The van der Waals surface area contributed by atoms with Gasteiger partial charge in [-0.25, -0.2) is 0 Å². The van der Waals surface area contributed by atoms with Crippen molar-refractivity contribution >= 4 is 27.2 Å². The van der Waals surface area contributed by atoms with Gasteiger partial charge in [-0.15, -0.1) is 5.11 Å². The van der Waals surface area contributed by atoms with E-state index < -0.39 is 10.1 Å². The quantitative estimate of drug-likeness (QED) is 0.514. The molecule has 0 amide bonds. The molecule has 0 radical (unpaired) electrons. The number of anilines is 1. The minimum Gasteiger partial charge on any atom is -0.398 e. The van der Waals surface area contributed by atoms with E-state index in [9.17, 15) is 8.42 Å². The molecule has 0 bridgehead atoms. The van der Waals surface area contributed by atoms with E-state index in [0.717, 1.165) is 11.1 Å². The fourth-order valence-electron chi connectivity index (χ4n) is 1.88. The summed E-state index contributed by atoms with van der Waals surface area (Å²) in [6.45, 7) is 3.71. The van der Waals surface area contributed by atoms with Crippen LogP contribution in [0.5, 0.6) is 0 Å². The summed E-state index contributed by atoms with van der Waals surface area (Å²) >= 11 is 0. The summed E-state index contributed by atoms with van der Waals surface area (Å²) in [6, 6.07) is 9.35. The first-order valence-electron chi connectivity index (χ1n) is 6.14. The van der Waals surface area contributed by atoms with Crippen molar-refractivity contribution in [1.82, 2.24) is 0 Å². The van der Waals surface area contributed by atoms with Gasteiger partial charge in [0.25, 0.3) is 10.1 Å². The van der Waals surface area contributed by atoms with Gasteiger partial charge in [-0.05, 0) is 49.2 Å². The summed E-state index contributed by atoms with van der Waals surface area (Å²) in [5.41, 5.74) is 8.91. The number of benzene rings is 2. The average Bonchev–Trinajstić information content (AvgIpc) is 2.41. The van der Waals surface area contributed by atoms with E-state index in [0.29, 0.717) is 11.4 Å². The maximum absolute atomic E-state index is 11.3. The van der Waals surface area contributed by atoms with Crippen LogP contribution in [0.2, 0.25) is 0 Å². The molecule has 0 fully saturated rings. The van der Waals surface area contributed by atoms with Crippen LogP contribution in [0.1, 0.15) is 11.1 Å². The van der Waals surface area contributed by atoms with E-state index in [4.69, 9.17) is 10.3 Å². The SMILES string of the molecule is Cc1cc(N=Nc2ccccc2S(=O)(=O)O)cc(C)c1N. The van der Waals surface area contributed by atoms with E-state index in [-0.39, 0.29) is 10.6 Å². The van der Waals surface area contributed by atoms with E-state index in [1.54, 1.807) is 18.2 Å². The minimum absolute atomic E-state index is 0.0760. The molecule has 0 aliphatic rings. The fourth-order valence-corrected chi connectivity index (χ4v) is 2.50. The van der Waals surface area contributed by atoms with Crippen LogP contribution in [0.4, 0.5) is 17.1 Å². The van der Waals surface area contributed by atoms with Crippen molar-refractivity contribution in [2.24, 2.45) is 10.2 Å². The first-order chi connectivity index (χ1) is 9.79. The summed E-state index contributed by atoms with van der Waals surface area (Å²) in [7, 11) is -4.33. The summed E-state index contributed by atoms with van der Waals surface area (Å²) in [6.07, 6.45) is 0. The van der Waals surface area contributed by atoms with Crippen molar-refractivity contribution in [2.45, 2.75) is 18.7 Å². The van der Waals surface area contributed by atoms with Crippen LogP contribution in [-0.2, 0) is 10.1 Å². The largest absolute Gasteiger partial charge is 0.398 e. The van der Waals surface area contributed by atoms with Crippen LogP contribution in [0, 0.1) is 13.8 Å². The molecule has 2 rings (SSSR count). The molecule has 0 spiro atoms. The van der Waals surface area contributed by atoms with Gasteiger partial charge < -0.3 is 5.73 Å². The molecular weight excluding hydrogens is 290 g/mol. The molecule has 7 heteroatoms. The van der Waals surface area contributed by atoms with Gasteiger partial charge in [0.1, 0.15) is 10.6 Å². The van der Waals surface area contributed by atoms with Crippen LogP contribution in [-0.4, -0.2) is 13.0 Å². The molecule has 2 aromatic rings. The standard InChI is InChI=1S/C14H15N3O3S/c1-9-7-11(8-10(2)14(9)15)16-17-12-5-3-4-6-13(12)21(18,19)20/h3-8H,15H2,1-2H3,(H,18,19,20). The highest BCUT2D eigenvalue weighted by Gasteiger charge is 2.14. The summed E-state index contributed by atoms with van der Waals surface area (Å²) < 4.78 is 31.7. The van der Waals surface area contributed by atoms with E-state index in [1.807, 2.05) is 13.8 Å². The Labute approximate surface area is 123 Å². The Hall–Kier alpha value is -2.25. The number of hydrogen-bond donors (Lipinski definition) is 2. The van der Waals surface area contributed by atoms with E-state index in [1.165, 1.54) is 18.2 Å². The molecule has 0 saturated carbocycles. The Bertz CT molecular complexity index is 791. The summed E-state index contributed by atoms with van der Waals surface area (Å²) in [5.74, 6) is 0. The first kappa shape index (κ1) is 15.1. The lowest BCUT2D eigenvalue weighted by Gasteiger charge is -2.05. The molecule has 3 N–H and O–H groups in total. The Kier molecular flexibility index (Phi) is 4.06. The lowest BCUT2D eigenvalue weighted by molar-refractivity contribution is 0.483. The summed E-state index contributed by atoms with van der Waals surface area (Å²) in [5, 5.41) is 7.91. The van der Waals surface area contributed by atoms with Crippen LogP contribution < -0.4 is 5.73 Å². The number of rotatable bonds is 3. The van der Waals surface area contributed by atoms with Gasteiger partial charge in [-0.1, -0.05) is 12.1 Å². The molecule has 6 nitrogen and oxygen atoms in total. The molecule has 0 unspecified atom stereocenters. The number of nitrogen functional groups attached to an aromatic ring is 1. The molecule has 110 valence electrons. The minimum atomic E-state index is -4.33. The van der Waals surface area contributed by atoms with Gasteiger partial charge in [-0.3, -0.25) is 4.55 Å². The lowest BCUT2D eigenvalue weighted by Crippen LogP contribution is -1.97. The molecule has 2 aromatic carbocycles. The number of hydrogen-bond acceptors (Lipinski definition) is 5. The Morgan fingerprint density at radius 1 is 1.05 bits per heavy atom. The second-order valence-corrected chi connectivity index (χ2v) is 6.03. The molecule has 0 aromatic heterocycles. The van der Waals surface area contributed by atoms with Gasteiger partial charge in [0, 0.05) is 5.69 Å². The monoisotopic (exact) mass is 305 g/mol. The number of nitrogens with two attached hydrogens (primary N) is 1. The van der Waals surface area contributed by atoms with Crippen LogP contribution in [0.25, 0.3) is 0 Å². The van der Waals surface area contributed by atoms with Crippen molar-refractivity contribution in [3.63, 3.8) is 0 Å². The third kappa shape index (κ3) is 3.45. The van der Waals surface area contributed by atoms with Crippen molar-refractivity contribution in [1.29, 1.82) is 0 Å². The zero-order valence-electron chi connectivity index (χ0n) is 11.6. The zero-order valence-corrected chi connectivity index (χ0v) is 12.4. The normalized spacial score (nSPS) is 12.0. The highest BCUT2D eigenvalue weighted by atomic mass is 32.2. The number of aryl methyl sites for hydroxylation is 2. The van der Waals surface area contributed by atoms with Gasteiger partial charge in [-0.2, -0.15) is 13.5 Å². The smallest absolute Gasteiger partial charge is 0.296 e. The van der Waals surface area contributed by atoms with Gasteiger partial charge in [0.05, 0.1) is 5.69 Å². The highest BCUT2D eigenvalue weighted by Crippen LogP contribution is 2.28.